The monoisotopic (exact) mass is 367 g/mol. The molecule has 0 saturated heterocycles. The number of nitrogens with zero attached hydrogens (tertiary/aromatic N) is 4. The lowest BCUT2D eigenvalue weighted by molar-refractivity contribution is 0.798. The number of nitrogens with one attached hydrogen (secondary N) is 1. The number of para-hydroxylation sites is 1. The van der Waals surface area contributed by atoms with Crippen molar-refractivity contribution in [1.82, 2.24) is 19.7 Å². The van der Waals surface area contributed by atoms with Gasteiger partial charge in [-0.2, -0.15) is 5.10 Å². The van der Waals surface area contributed by atoms with Crippen molar-refractivity contribution in [3.63, 3.8) is 0 Å². The Morgan fingerprint density at radius 2 is 1.96 bits per heavy atom. The lowest BCUT2D eigenvalue weighted by Crippen LogP contribution is -1.94. The van der Waals surface area contributed by atoms with Gasteiger partial charge >= 0.3 is 0 Å². The summed E-state index contributed by atoms with van der Waals surface area (Å²) in [5.41, 5.74) is 3.72. The van der Waals surface area contributed by atoms with Gasteiger partial charge in [0, 0.05) is 35.3 Å². The van der Waals surface area contributed by atoms with Crippen LogP contribution in [0.25, 0.3) is 22.2 Å². The van der Waals surface area contributed by atoms with Crippen molar-refractivity contribution in [3.8, 4) is 11.3 Å². The molecule has 0 aliphatic carbocycles. The highest BCUT2D eigenvalue weighted by Crippen LogP contribution is 2.29. The van der Waals surface area contributed by atoms with Crippen LogP contribution in [-0.4, -0.2) is 19.7 Å². The predicted molar refractivity (Wildman–Crippen MR) is 103 cm³/mol. The van der Waals surface area contributed by atoms with Gasteiger partial charge in [0.25, 0.3) is 0 Å². The van der Waals surface area contributed by atoms with Gasteiger partial charge < -0.3 is 4.72 Å². The van der Waals surface area contributed by atoms with E-state index in [1.165, 1.54) is 11.9 Å². The van der Waals surface area contributed by atoms with Crippen LogP contribution < -0.4 is 4.72 Å². The summed E-state index contributed by atoms with van der Waals surface area (Å²) >= 11 is 7.63. The summed E-state index contributed by atoms with van der Waals surface area (Å²) in [6.07, 6.45) is 5.35. The van der Waals surface area contributed by atoms with Gasteiger partial charge in [-0.25, -0.2) is 4.98 Å². The normalized spacial score (nSPS) is 11.0. The van der Waals surface area contributed by atoms with Crippen LogP contribution in [0.15, 0.2) is 66.0 Å². The zero-order valence-corrected chi connectivity index (χ0v) is 14.9. The minimum Gasteiger partial charge on any atom is -0.324 e. The molecule has 0 aliphatic rings. The summed E-state index contributed by atoms with van der Waals surface area (Å²) < 4.78 is 5.24. The lowest BCUT2D eigenvalue weighted by atomic mass is 10.2. The second-order valence-electron chi connectivity index (χ2n) is 5.44. The van der Waals surface area contributed by atoms with Crippen molar-refractivity contribution in [2.75, 3.05) is 4.72 Å². The molecule has 0 spiro atoms. The number of rotatable bonds is 4. The van der Waals surface area contributed by atoms with Crippen LogP contribution in [-0.2, 0) is 7.05 Å². The Kier molecular flexibility index (Phi) is 4.29. The van der Waals surface area contributed by atoms with Crippen molar-refractivity contribution in [3.05, 3.63) is 66.2 Å². The van der Waals surface area contributed by atoms with Crippen LogP contribution in [0.3, 0.4) is 0 Å². The fraction of sp³-hybridized carbons (Fsp3) is 0.0556. The number of aryl methyl sites for hydroxylation is 1. The minimum atomic E-state index is 0.455. The maximum absolute atomic E-state index is 6.12. The van der Waals surface area contributed by atoms with Gasteiger partial charge in [0.2, 0.25) is 0 Å². The van der Waals surface area contributed by atoms with Gasteiger partial charge in [-0.15, -0.1) is 0 Å². The molecule has 0 bridgehead atoms. The number of anilines is 1. The van der Waals surface area contributed by atoms with Gasteiger partial charge in [0.1, 0.15) is 5.15 Å². The molecule has 0 fully saturated rings. The average molecular weight is 368 g/mol. The van der Waals surface area contributed by atoms with E-state index < -0.39 is 0 Å². The molecule has 4 aromatic rings. The molecule has 4 rings (SSSR count). The summed E-state index contributed by atoms with van der Waals surface area (Å²) in [5.74, 6) is 0. The highest BCUT2D eigenvalue weighted by atomic mass is 35.5. The van der Waals surface area contributed by atoms with Gasteiger partial charge in [0.05, 0.1) is 23.1 Å². The Morgan fingerprint density at radius 1 is 1.04 bits per heavy atom. The van der Waals surface area contributed by atoms with E-state index in [4.69, 9.17) is 11.6 Å². The van der Waals surface area contributed by atoms with Crippen molar-refractivity contribution in [2.24, 2.45) is 7.05 Å². The van der Waals surface area contributed by atoms with E-state index in [-0.39, 0.29) is 0 Å². The van der Waals surface area contributed by atoms with Gasteiger partial charge in [-0.1, -0.05) is 23.7 Å². The molecular weight excluding hydrogens is 354 g/mol. The third-order valence-corrected chi connectivity index (χ3v) is 4.91. The summed E-state index contributed by atoms with van der Waals surface area (Å²) in [5, 5.41) is 5.86. The lowest BCUT2D eigenvalue weighted by Gasteiger charge is -2.08. The Hall–Kier alpha value is -2.57. The average Bonchev–Trinajstić information content (AvgIpc) is 3.03. The Bertz CT molecular complexity index is 1030. The number of benzene rings is 1. The summed E-state index contributed by atoms with van der Waals surface area (Å²) in [7, 11) is 1.94. The van der Waals surface area contributed by atoms with E-state index in [0.717, 1.165) is 32.7 Å². The SMILES string of the molecule is Cn1ncc2cccc(NSc3ccc(-c4cccnc4Cl)nc3)c21. The smallest absolute Gasteiger partial charge is 0.138 e. The number of pyridine rings is 2. The van der Waals surface area contributed by atoms with Crippen molar-refractivity contribution >= 4 is 40.1 Å². The fourth-order valence-corrected chi connectivity index (χ4v) is 3.46. The van der Waals surface area contributed by atoms with Crippen LogP contribution >= 0.6 is 23.5 Å². The van der Waals surface area contributed by atoms with Crippen LogP contribution in [0.5, 0.6) is 0 Å². The first kappa shape index (κ1) is 15.9. The summed E-state index contributed by atoms with van der Waals surface area (Å²) in [6, 6.07) is 13.8. The molecule has 0 saturated carbocycles. The Balaban J connectivity index is 1.54. The molecule has 0 radical (unpaired) electrons. The van der Waals surface area contributed by atoms with E-state index in [9.17, 15) is 0 Å². The highest BCUT2D eigenvalue weighted by molar-refractivity contribution is 8.00. The first-order valence-corrected chi connectivity index (χ1v) is 8.82. The van der Waals surface area contributed by atoms with Gasteiger partial charge in [-0.05, 0) is 42.3 Å². The molecular formula is C18H14ClN5S. The molecule has 0 atom stereocenters. The van der Waals surface area contributed by atoms with Crippen LogP contribution in [0, 0.1) is 0 Å². The van der Waals surface area contributed by atoms with E-state index in [1.807, 2.05) is 66.6 Å². The van der Waals surface area contributed by atoms with Crippen LogP contribution in [0.1, 0.15) is 0 Å². The minimum absolute atomic E-state index is 0.455. The molecule has 124 valence electrons. The standard InChI is InChI=1S/C18H14ClN5S/c1-24-17-12(10-22-24)4-2-6-16(17)23-25-13-7-8-15(21-11-13)14-5-3-9-20-18(14)19/h2-11,23H,1H3. The third-order valence-electron chi connectivity index (χ3n) is 3.81. The molecule has 3 heterocycles. The number of aromatic nitrogens is 4. The first-order valence-electron chi connectivity index (χ1n) is 7.63. The fourth-order valence-electron chi connectivity index (χ4n) is 2.61. The first-order chi connectivity index (χ1) is 12.2. The molecule has 1 aromatic carbocycles. The van der Waals surface area contributed by atoms with Gasteiger partial charge in [0.15, 0.2) is 0 Å². The van der Waals surface area contributed by atoms with Crippen LogP contribution in [0.2, 0.25) is 5.15 Å². The van der Waals surface area contributed by atoms with E-state index in [2.05, 4.69) is 19.8 Å². The zero-order chi connectivity index (χ0) is 17.2. The van der Waals surface area contributed by atoms with Crippen molar-refractivity contribution in [1.29, 1.82) is 0 Å². The van der Waals surface area contributed by atoms with Crippen molar-refractivity contribution in [2.45, 2.75) is 4.90 Å². The molecule has 5 nitrogen and oxygen atoms in total. The number of hydrogen-bond acceptors (Lipinski definition) is 5. The molecule has 3 aromatic heterocycles. The molecule has 1 N–H and O–H groups in total. The van der Waals surface area contributed by atoms with E-state index in [0.29, 0.717) is 5.15 Å². The third kappa shape index (κ3) is 3.18. The van der Waals surface area contributed by atoms with E-state index >= 15 is 0 Å². The number of halogens is 1. The Morgan fingerprint density at radius 3 is 2.76 bits per heavy atom. The maximum atomic E-state index is 6.12. The molecule has 25 heavy (non-hydrogen) atoms. The Labute approximate surface area is 154 Å². The topological polar surface area (TPSA) is 55.6 Å². The molecule has 0 aliphatic heterocycles. The largest absolute Gasteiger partial charge is 0.324 e. The number of hydrogen-bond donors (Lipinski definition) is 1. The summed E-state index contributed by atoms with van der Waals surface area (Å²) in [4.78, 5) is 9.58. The number of fused-ring (bicyclic) bond motifs is 1. The van der Waals surface area contributed by atoms with E-state index in [1.54, 1.807) is 6.20 Å². The second-order valence-corrected chi connectivity index (χ2v) is 6.67. The summed E-state index contributed by atoms with van der Waals surface area (Å²) in [6.45, 7) is 0. The highest BCUT2D eigenvalue weighted by Gasteiger charge is 2.07. The maximum Gasteiger partial charge on any atom is 0.138 e. The second kappa shape index (κ2) is 6.74. The van der Waals surface area contributed by atoms with Crippen molar-refractivity contribution < 1.29 is 0 Å². The van der Waals surface area contributed by atoms with Gasteiger partial charge in [-0.3, -0.25) is 9.67 Å². The molecule has 7 heteroatoms. The van der Waals surface area contributed by atoms with Crippen LogP contribution in [0.4, 0.5) is 5.69 Å². The molecule has 0 unspecified atom stereocenters. The molecule has 0 amide bonds. The zero-order valence-electron chi connectivity index (χ0n) is 13.3. The predicted octanol–water partition coefficient (Wildman–Crippen LogP) is 4.80. The quantitative estimate of drug-likeness (QED) is 0.414.